The molecule has 0 aromatic carbocycles. The summed E-state index contributed by atoms with van der Waals surface area (Å²) in [6.07, 6.45) is 4.43. The van der Waals surface area contributed by atoms with Gasteiger partial charge in [0.25, 0.3) is 0 Å². The van der Waals surface area contributed by atoms with Crippen molar-refractivity contribution in [1.82, 2.24) is 15.6 Å². The third kappa shape index (κ3) is 8.53. The molecule has 5 nitrogen and oxygen atoms in total. The number of hydrogen-bond acceptors (Lipinski definition) is 4. The summed E-state index contributed by atoms with van der Waals surface area (Å²) in [5, 5.41) is 6.73. The van der Waals surface area contributed by atoms with Crippen molar-refractivity contribution in [1.29, 1.82) is 0 Å². The van der Waals surface area contributed by atoms with Crippen LogP contribution in [0.2, 0.25) is 0 Å². The first kappa shape index (κ1) is 21.7. The van der Waals surface area contributed by atoms with Crippen molar-refractivity contribution in [2.45, 2.75) is 33.2 Å². The second-order valence-electron chi connectivity index (χ2n) is 5.56. The van der Waals surface area contributed by atoms with E-state index in [-0.39, 0.29) is 24.0 Å². The number of halogens is 1. The third-order valence-corrected chi connectivity index (χ3v) is 4.32. The first-order valence-electron chi connectivity index (χ1n) is 8.30. The van der Waals surface area contributed by atoms with Crippen LogP contribution in [0.4, 0.5) is 0 Å². The molecule has 2 rings (SSSR count). The molecule has 2 aromatic heterocycles. The number of nitrogens with one attached hydrogen (secondary N) is 2. The second kappa shape index (κ2) is 12.1. The number of aromatic nitrogens is 1. The first-order valence-corrected chi connectivity index (χ1v) is 9.12. The van der Waals surface area contributed by atoms with Gasteiger partial charge in [-0.05, 0) is 45.0 Å². The van der Waals surface area contributed by atoms with Crippen LogP contribution in [0.15, 0.2) is 41.7 Å². The largest absolute Gasteiger partial charge is 0.490 e. The zero-order valence-electron chi connectivity index (χ0n) is 15.0. The van der Waals surface area contributed by atoms with Gasteiger partial charge >= 0.3 is 0 Å². The monoisotopic (exact) mass is 474 g/mol. The number of aryl methyl sites for hydroxylation is 1. The zero-order chi connectivity index (χ0) is 17.2. The van der Waals surface area contributed by atoms with Crippen LogP contribution in [-0.4, -0.2) is 36.7 Å². The third-order valence-electron chi connectivity index (χ3n) is 3.30. The molecule has 2 heterocycles. The van der Waals surface area contributed by atoms with Crippen molar-refractivity contribution in [3.8, 4) is 5.75 Å². The van der Waals surface area contributed by atoms with Gasteiger partial charge in [-0.25, -0.2) is 4.99 Å². The highest BCUT2D eigenvalue weighted by Crippen LogP contribution is 2.16. The maximum atomic E-state index is 5.61. The fraction of sp³-hybridized carbons (Fsp3) is 0.444. The molecular formula is C18H27IN4OS. The van der Waals surface area contributed by atoms with Crippen LogP contribution in [0.1, 0.15) is 23.6 Å². The number of ether oxygens (including phenoxy) is 1. The molecule has 138 valence electrons. The quantitative estimate of drug-likeness (QED) is 0.266. The van der Waals surface area contributed by atoms with E-state index >= 15 is 0 Å². The Labute approximate surface area is 171 Å². The molecule has 1 atom stereocenters. The molecule has 0 saturated heterocycles. The molecule has 0 aliphatic rings. The molecule has 25 heavy (non-hydrogen) atoms. The summed E-state index contributed by atoms with van der Waals surface area (Å²) in [5.74, 6) is 1.60. The summed E-state index contributed by atoms with van der Waals surface area (Å²) < 4.78 is 5.61. The molecule has 0 aliphatic carbocycles. The van der Waals surface area contributed by atoms with Crippen molar-refractivity contribution < 1.29 is 4.74 Å². The highest BCUT2D eigenvalue weighted by molar-refractivity contribution is 14.0. The normalized spacial score (nSPS) is 12.2. The van der Waals surface area contributed by atoms with Gasteiger partial charge in [0.2, 0.25) is 0 Å². The Morgan fingerprint density at radius 2 is 2.20 bits per heavy atom. The average Bonchev–Trinajstić information content (AvgIpc) is 2.97. The van der Waals surface area contributed by atoms with E-state index in [4.69, 9.17) is 4.74 Å². The highest BCUT2D eigenvalue weighted by Gasteiger charge is 2.07. The van der Waals surface area contributed by atoms with Gasteiger partial charge in [0.05, 0.1) is 12.7 Å². The number of pyridine rings is 1. The number of hydrogen-bond donors (Lipinski definition) is 2. The summed E-state index contributed by atoms with van der Waals surface area (Å²) in [5.41, 5.74) is 0. The molecule has 7 heteroatoms. The topological polar surface area (TPSA) is 58.5 Å². The summed E-state index contributed by atoms with van der Waals surface area (Å²) in [4.78, 5) is 11.3. The van der Waals surface area contributed by atoms with Gasteiger partial charge in [-0.15, -0.1) is 35.3 Å². The Morgan fingerprint density at radius 3 is 2.84 bits per heavy atom. The maximum absolute atomic E-state index is 5.61. The predicted octanol–water partition coefficient (Wildman–Crippen LogP) is 3.63. The minimum atomic E-state index is 0. The molecule has 0 fully saturated rings. The smallest absolute Gasteiger partial charge is 0.191 e. The highest BCUT2D eigenvalue weighted by atomic mass is 127. The summed E-state index contributed by atoms with van der Waals surface area (Å²) in [6, 6.07) is 8.44. The number of guanidine groups is 1. The van der Waals surface area contributed by atoms with Crippen LogP contribution < -0.4 is 15.4 Å². The van der Waals surface area contributed by atoms with Crippen molar-refractivity contribution in [3.63, 3.8) is 0 Å². The second-order valence-corrected chi connectivity index (χ2v) is 6.93. The minimum absolute atomic E-state index is 0. The molecule has 0 amide bonds. The fourth-order valence-electron chi connectivity index (χ4n) is 2.25. The van der Waals surface area contributed by atoms with Crippen LogP contribution in [0.25, 0.3) is 0 Å². The Kier molecular flexibility index (Phi) is 10.5. The molecule has 2 N–H and O–H groups in total. The van der Waals surface area contributed by atoms with E-state index < -0.39 is 0 Å². The molecule has 2 aromatic rings. The molecular weight excluding hydrogens is 447 g/mol. The van der Waals surface area contributed by atoms with Gasteiger partial charge in [-0.3, -0.25) is 4.98 Å². The average molecular weight is 474 g/mol. The van der Waals surface area contributed by atoms with Crippen molar-refractivity contribution in [2.24, 2.45) is 4.99 Å². The van der Waals surface area contributed by atoms with Crippen molar-refractivity contribution >= 4 is 41.3 Å². The molecule has 1 unspecified atom stereocenters. The van der Waals surface area contributed by atoms with Gasteiger partial charge in [0.15, 0.2) is 5.96 Å². The van der Waals surface area contributed by atoms with E-state index in [1.807, 2.05) is 23.5 Å². The number of aliphatic imine (C=N–C) groups is 1. The Bertz CT molecular complexity index is 633. The number of nitrogens with zero attached hydrogens (tertiary/aromatic N) is 2. The number of thiophene rings is 1. The van der Waals surface area contributed by atoms with E-state index in [0.29, 0.717) is 19.2 Å². The van der Waals surface area contributed by atoms with Gasteiger partial charge < -0.3 is 15.4 Å². The Hall–Kier alpha value is -1.35. The zero-order valence-corrected chi connectivity index (χ0v) is 18.1. The van der Waals surface area contributed by atoms with E-state index in [0.717, 1.165) is 24.7 Å². The molecule has 0 aliphatic heterocycles. The van der Waals surface area contributed by atoms with Crippen LogP contribution in [0, 0.1) is 6.92 Å². The van der Waals surface area contributed by atoms with Crippen LogP contribution in [0.3, 0.4) is 0 Å². The lowest BCUT2D eigenvalue weighted by Gasteiger charge is -2.17. The summed E-state index contributed by atoms with van der Waals surface area (Å²) in [7, 11) is 0. The van der Waals surface area contributed by atoms with Crippen molar-refractivity contribution in [3.05, 3.63) is 46.4 Å². The fourth-order valence-corrected chi connectivity index (χ4v) is 3.27. The molecule has 0 bridgehead atoms. The lowest BCUT2D eigenvalue weighted by Crippen LogP contribution is -2.43. The van der Waals surface area contributed by atoms with Crippen LogP contribution >= 0.6 is 35.3 Å². The minimum Gasteiger partial charge on any atom is -0.490 e. The van der Waals surface area contributed by atoms with Gasteiger partial charge in [-0.1, -0.05) is 0 Å². The Balaban J connectivity index is 0.00000312. The van der Waals surface area contributed by atoms with Gasteiger partial charge in [0, 0.05) is 35.0 Å². The van der Waals surface area contributed by atoms with Crippen molar-refractivity contribution in [2.75, 3.05) is 19.7 Å². The number of rotatable bonds is 8. The summed E-state index contributed by atoms with van der Waals surface area (Å²) in [6.45, 7) is 8.33. The maximum Gasteiger partial charge on any atom is 0.191 e. The predicted molar refractivity (Wildman–Crippen MR) is 116 cm³/mol. The van der Waals surface area contributed by atoms with E-state index in [1.165, 1.54) is 9.75 Å². The van der Waals surface area contributed by atoms with E-state index in [2.05, 4.69) is 53.5 Å². The van der Waals surface area contributed by atoms with E-state index in [1.54, 1.807) is 12.4 Å². The van der Waals surface area contributed by atoms with Crippen LogP contribution in [-0.2, 0) is 6.42 Å². The lowest BCUT2D eigenvalue weighted by molar-refractivity contribution is 0.327. The standard InChI is InChI=1S/C18H26N4OS.HI/c1-4-20-18(21-10-11-23-16-6-5-9-19-13-16)22-14(2)12-17-8-7-15(3)24-17;/h5-9,13-14H,4,10-12H2,1-3H3,(H2,20,21,22);1H. The summed E-state index contributed by atoms with van der Waals surface area (Å²) >= 11 is 1.85. The van der Waals surface area contributed by atoms with Crippen LogP contribution in [0.5, 0.6) is 5.75 Å². The van der Waals surface area contributed by atoms with Gasteiger partial charge in [0.1, 0.15) is 12.4 Å². The van der Waals surface area contributed by atoms with Gasteiger partial charge in [-0.2, -0.15) is 0 Å². The Morgan fingerprint density at radius 1 is 1.36 bits per heavy atom. The lowest BCUT2D eigenvalue weighted by atomic mass is 10.2. The molecule has 0 spiro atoms. The molecule has 0 saturated carbocycles. The first-order chi connectivity index (χ1) is 11.7. The SMILES string of the molecule is CCNC(=NCCOc1cccnc1)NC(C)Cc1ccc(C)s1.I. The molecule has 0 radical (unpaired) electrons. The van der Waals surface area contributed by atoms with E-state index in [9.17, 15) is 0 Å².